The lowest BCUT2D eigenvalue weighted by atomic mass is 10.1. The molecule has 0 aliphatic carbocycles. The van der Waals surface area contributed by atoms with Crippen LogP contribution in [0.3, 0.4) is 0 Å². The Morgan fingerprint density at radius 1 is 1.13 bits per heavy atom. The van der Waals surface area contributed by atoms with E-state index in [2.05, 4.69) is 49.9 Å². The molecule has 0 saturated heterocycles. The van der Waals surface area contributed by atoms with Crippen LogP contribution in [0.15, 0.2) is 24.3 Å². The second-order valence-corrected chi connectivity index (χ2v) is 4.15. The summed E-state index contributed by atoms with van der Waals surface area (Å²) in [6.07, 6.45) is 2.59. The molecule has 15 heavy (non-hydrogen) atoms. The van der Waals surface area contributed by atoms with Gasteiger partial charge in [-0.15, -0.1) is 0 Å². The fraction of sp³-hybridized carbons (Fsp3) is 0.571. The Kier molecular flexibility index (Phi) is 5.41. The van der Waals surface area contributed by atoms with Crippen molar-refractivity contribution in [1.29, 1.82) is 0 Å². The standard InChI is InChI=1S/C14H23N/c1-4-6-11-15(5-2)12-14-10-8-7-9-13(14)3/h7-10H,4-6,11-12H2,1-3H3. The minimum Gasteiger partial charge on any atom is -0.299 e. The van der Waals surface area contributed by atoms with Crippen molar-refractivity contribution in [3.63, 3.8) is 0 Å². The summed E-state index contributed by atoms with van der Waals surface area (Å²) in [6.45, 7) is 10.2. The molecule has 0 aliphatic rings. The van der Waals surface area contributed by atoms with Gasteiger partial charge in [0.2, 0.25) is 0 Å². The minimum absolute atomic E-state index is 1.10. The summed E-state index contributed by atoms with van der Waals surface area (Å²) in [4.78, 5) is 2.52. The van der Waals surface area contributed by atoms with Crippen molar-refractivity contribution < 1.29 is 0 Å². The molecule has 0 amide bonds. The van der Waals surface area contributed by atoms with E-state index >= 15 is 0 Å². The predicted molar refractivity (Wildman–Crippen MR) is 67.0 cm³/mol. The fourth-order valence-electron chi connectivity index (χ4n) is 1.76. The number of hydrogen-bond donors (Lipinski definition) is 0. The molecule has 0 aromatic heterocycles. The van der Waals surface area contributed by atoms with Crippen LogP contribution in [-0.2, 0) is 6.54 Å². The Labute approximate surface area is 94.1 Å². The van der Waals surface area contributed by atoms with E-state index < -0.39 is 0 Å². The van der Waals surface area contributed by atoms with Crippen molar-refractivity contribution >= 4 is 0 Å². The van der Waals surface area contributed by atoms with E-state index in [1.807, 2.05) is 0 Å². The SMILES string of the molecule is CCCCN(CC)Cc1ccccc1C. The second-order valence-electron chi connectivity index (χ2n) is 4.15. The highest BCUT2D eigenvalue weighted by Gasteiger charge is 2.04. The Morgan fingerprint density at radius 2 is 1.87 bits per heavy atom. The Bertz CT molecular complexity index is 280. The number of benzene rings is 1. The van der Waals surface area contributed by atoms with E-state index in [0.29, 0.717) is 0 Å². The molecule has 0 radical (unpaired) electrons. The van der Waals surface area contributed by atoms with Gasteiger partial charge in [0.1, 0.15) is 0 Å². The van der Waals surface area contributed by atoms with Crippen molar-refractivity contribution in [2.75, 3.05) is 13.1 Å². The van der Waals surface area contributed by atoms with E-state index in [4.69, 9.17) is 0 Å². The summed E-state index contributed by atoms with van der Waals surface area (Å²) in [6, 6.07) is 8.68. The Morgan fingerprint density at radius 3 is 2.47 bits per heavy atom. The molecule has 0 heterocycles. The van der Waals surface area contributed by atoms with Gasteiger partial charge in [0, 0.05) is 6.54 Å². The van der Waals surface area contributed by atoms with Crippen LogP contribution >= 0.6 is 0 Å². The third kappa shape index (κ3) is 4.05. The van der Waals surface area contributed by atoms with Gasteiger partial charge in [-0.2, -0.15) is 0 Å². The largest absolute Gasteiger partial charge is 0.299 e. The summed E-state index contributed by atoms with van der Waals surface area (Å²) in [5.74, 6) is 0. The van der Waals surface area contributed by atoms with Crippen molar-refractivity contribution in [3.8, 4) is 0 Å². The van der Waals surface area contributed by atoms with E-state index in [-0.39, 0.29) is 0 Å². The monoisotopic (exact) mass is 205 g/mol. The maximum Gasteiger partial charge on any atom is 0.0236 e. The van der Waals surface area contributed by atoms with Gasteiger partial charge in [0.25, 0.3) is 0 Å². The third-order valence-electron chi connectivity index (χ3n) is 2.93. The van der Waals surface area contributed by atoms with Gasteiger partial charge in [-0.3, -0.25) is 4.90 Å². The maximum atomic E-state index is 2.52. The number of aryl methyl sites for hydroxylation is 1. The molecule has 0 bridgehead atoms. The van der Waals surface area contributed by atoms with Crippen molar-refractivity contribution in [1.82, 2.24) is 4.90 Å². The van der Waals surface area contributed by atoms with Gasteiger partial charge in [0.05, 0.1) is 0 Å². The van der Waals surface area contributed by atoms with E-state index in [9.17, 15) is 0 Å². The normalized spacial score (nSPS) is 10.9. The number of nitrogens with zero attached hydrogens (tertiary/aromatic N) is 1. The average molecular weight is 205 g/mol. The van der Waals surface area contributed by atoms with Gasteiger partial charge < -0.3 is 0 Å². The first-order chi connectivity index (χ1) is 7.27. The fourth-order valence-corrected chi connectivity index (χ4v) is 1.76. The highest BCUT2D eigenvalue weighted by molar-refractivity contribution is 5.25. The van der Waals surface area contributed by atoms with Gasteiger partial charge >= 0.3 is 0 Å². The first kappa shape index (κ1) is 12.3. The summed E-state index contributed by atoms with van der Waals surface area (Å²) < 4.78 is 0. The molecule has 0 aliphatic heterocycles. The first-order valence-corrected chi connectivity index (χ1v) is 6.04. The molecule has 0 fully saturated rings. The van der Waals surface area contributed by atoms with Crippen molar-refractivity contribution in [2.24, 2.45) is 0 Å². The van der Waals surface area contributed by atoms with Crippen LogP contribution in [0, 0.1) is 6.92 Å². The molecule has 0 spiro atoms. The lowest BCUT2D eigenvalue weighted by Gasteiger charge is -2.21. The molecule has 1 heteroatoms. The number of unbranched alkanes of at least 4 members (excludes halogenated alkanes) is 1. The maximum absolute atomic E-state index is 2.52. The van der Waals surface area contributed by atoms with Crippen LogP contribution in [-0.4, -0.2) is 18.0 Å². The molecule has 1 aromatic carbocycles. The third-order valence-corrected chi connectivity index (χ3v) is 2.93. The van der Waals surface area contributed by atoms with Gasteiger partial charge in [-0.05, 0) is 37.6 Å². The zero-order valence-corrected chi connectivity index (χ0v) is 10.3. The lowest BCUT2D eigenvalue weighted by Crippen LogP contribution is -2.24. The lowest BCUT2D eigenvalue weighted by molar-refractivity contribution is 0.275. The second kappa shape index (κ2) is 6.62. The molecule has 1 rings (SSSR count). The predicted octanol–water partition coefficient (Wildman–Crippen LogP) is 3.62. The zero-order chi connectivity index (χ0) is 11.1. The Balaban J connectivity index is 2.54. The average Bonchev–Trinajstić information content (AvgIpc) is 2.26. The molecule has 0 saturated carbocycles. The molecule has 1 nitrogen and oxygen atoms in total. The minimum atomic E-state index is 1.10. The van der Waals surface area contributed by atoms with Crippen LogP contribution in [0.2, 0.25) is 0 Å². The number of rotatable bonds is 6. The van der Waals surface area contributed by atoms with Crippen LogP contribution < -0.4 is 0 Å². The van der Waals surface area contributed by atoms with E-state index in [0.717, 1.165) is 13.1 Å². The molecule has 0 N–H and O–H groups in total. The first-order valence-electron chi connectivity index (χ1n) is 6.04. The molecular formula is C14H23N. The topological polar surface area (TPSA) is 3.24 Å². The Hall–Kier alpha value is -0.820. The highest BCUT2D eigenvalue weighted by atomic mass is 15.1. The molecular weight excluding hydrogens is 182 g/mol. The van der Waals surface area contributed by atoms with E-state index in [1.165, 1.54) is 30.5 Å². The van der Waals surface area contributed by atoms with Crippen LogP contribution in [0.5, 0.6) is 0 Å². The summed E-state index contributed by atoms with van der Waals surface area (Å²) in [5.41, 5.74) is 2.88. The smallest absolute Gasteiger partial charge is 0.0236 e. The quantitative estimate of drug-likeness (QED) is 0.685. The summed E-state index contributed by atoms with van der Waals surface area (Å²) >= 11 is 0. The van der Waals surface area contributed by atoms with Gasteiger partial charge in [0.15, 0.2) is 0 Å². The summed E-state index contributed by atoms with van der Waals surface area (Å²) in [5, 5.41) is 0. The van der Waals surface area contributed by atoms with Crippen LogP contribution in [0.1, 0.15) is 37.8 Å². The molecule has 1 aromatic rings. The molecule has 0 atom stereocenters. The molecule has 0 unspecified atom stereocenters. The van der Waals surface area contributed by atoms with Gasteiger partial charge in [-0.25, -0.2) is 0 Å². The van der Waals surface area contributed by atoms with Crippen LogP contribution in [0.25, 0.3) is 0 Å². The van der Waals surface area contributed by atoms with Gasteiger partial charge in [-0.1, -0.05) is 44.5 Å². The highest BCUT2D eigenvalue weighted by Crippen LogP contribution is 2.10. The summed E-state index contributed by atoms with van der Waals surface area (Å²) in [7, 11) is 0. The van der Waals surface area contributed by atoms with Crippen molar-refractivity contribution in [2.45, 2.75) is 40.2 Å². The van der Waals surface area contributed by atoms with Crippen molar-refractivity contribution in [3.05, 3.63) is 35.4 Å². The zero-order valence-electron chi connectivity index (χ0n) is 10.3. The number of hydrogen-bond acceptors (Lipinski definition) is 1. The van der Waals surface area contributed by atoms with E-state index in [1.54, 1.807) is 0 Å². The molecule has 84 valence electrons. The van der Waals surface area contributed by atoms with Crippen LogP contribution in [0.4, 0.5) is 0 Å².